The normalized spacial score (nSPS) is 21.3. The van der Waals surface area contributed by atoms with Gasteiger partial charge in [-0.05, 0) is 43.2 Å². The van der Waals surface area contributed by atoms with Crippen molar-refractivity contribution in [1.82, 2.24) is 10.1 Å². The van der Waals surface area contributed by atoms with Gasteiger partial charge in [-0.15, -0.1) is 0 Å². The van der Waals surface area contributed by atoms with Crippen molar-refractivity contribution >= 4 is 9.84 Å². The summed E-state index contributed by atoms with van der Waals surface area (Å²) in [7, 11) is -2.85. The summed E-state index contributed by atoms with van der Waals surface area (Å²) in [5.41, 5.74) is 0.943. The third-order valence-corrected chi connectivity index (χ3v) is 7.02. The molecule has 1 heterocycles. The van der Waals surface area contributed by atoms with E-state index >= 15 is 0 Å². The molecule has 0 atom stereocenters. The van der Waals surface area contributed by atoms with Crippen LogP contribution in [0.3, 0.4) is 0 Å². The summed E-state index contributed by atoms with van der Waals surface area (Å²) in [6, 6.07) is 9.79. The number of hydrogen-bond acceptors (Lipinski definition) is 5. The van der Waals surface area contributed by atoms with Gasteiger partial charge in [-0.1, -0.05) is 43.1 Å². The Hall–Kier alpha value is -1.69. The van der Waals surface area contributed by atoms with Crippen LogP contribution in [0, 0.1) is 11.8 Å². The summed E-state index contributed by atoms with van der Waals surface area (Å²) in [5.74, 6) is 2.93. The van der Waals surface area contributed by atoms with Crippen molar-refractivity contribution in [3.05, 3.63) is 36.2 Å². The molecule has 0 radical (unpaired) electrons. The highest BCUT2D eigenvalue weighted by molar-refractivity contribution is 7.91. The Balaban J connectivity index is 1.45. The molecular formula is C19H26N2O3S. The van der Waals surface area contributed by atoms with Crippen LogP contribution in [0.25, 0.3) is 11.5 Å². The smallest absolute Gasteiger partial charge is 0.257 e. The van der Waals surface area contributed by atoms with Gasteiger partial charge in [0.15, 0.2) is 5.82 Å². The average Bonchev–Trinajstić information content (AvgIpc) is 3.11. The molecule has 1 fully saturated rings. The minimum atomic E-state index is -2.85. The van der Waals surface area contributed by atoms with E-state index in [1.165, 1.54) is 0 Å². The van der Waals surface area contributed by atoms with Gasteiger partial charge >= 0.3 is 0 Å². The second kappa shape index (κ2) is 8.13. The predicted molar refractivity (Wildman–Crippen MR) is 97.8 cm³/mol. The third kappa shape index (κ3) is 5.14. The summed E-state index contributed by atoms with van der Waals surface area (Å²) in [6.45, 7) is 1.73. The average molecular weight is 362 g/mol. The Labute approximate surface area is 149 Å². The Bertz CT molecular complexity index is 763. The maximum atomic E-state index is 11.8. The molecule has 5 nitrogen and oxygen atoms in total. The molecule has 0 bridgehead atoms. The predicted octanol–water partition coefficient (Wildman–Crippen LogP) is 3.91. The number of rotatable bonds is 7. The number of benzene rings is 1. The number of sulfone groups is 1. The molecule has 136 valence electrons. The second-order valence-electron chi connectivity index (χ2n) is 7.01. The first-order valence-corrected chi connectivity index (χ1v) is 11.0. The lowest BCUT2D eigenvalue weighted by Gasteiger charge is -2.28. The van der Waals surface area contributed by atoms with Crippen molar-refractivity contribution in [3.63, 3.8) is 0 Å². The van der Waals surface area contributed by atoms with Gasteiger partial charge in [0.05, 0.1) is 5.75 Å². The van der Waals surface area contributed by atoms with E-state index in [1.54, 1.807) is 6.92 Å². The molecule has 0 aliphatic heterocycles. The van der Waals surface area contributed by atoms with Crippen LogP contribution in [0.1, 0.15) is 44.9 Å². The fourth-order valence-electron chi connectivity index (χ4n) is 3.55. The van der Waals surface area contributed by atoms with E-state index in [4.69, 9.17) is 4.52 Å². The molecule has 1 aromatic carbocycles. The summed E-state index contributed by atoms with van der Waals surface area (Å²) in [5, 5.41) is 4.09. The lowest BCUT2D eigenvalue weighted by molar-refractivity contribution is 0.277. The standard InChI is InChI=1S/C19H26N2O3S/c1-2-25(22,23)14-16-10-8-15(9-11-16)12-13-18-20-19(24-21-18)17-6-4-3-5-7-17/h3-7,15-16H,2,8-14H2,1H3. The summed E-state index contributed by atoms with van der Waals surface area (Å²) >= 11 is 0. The lowest BCUT2D eigenvalue weighted by Crippen LogP contribution is -2.23. The number of aromatic nitrogens is 2. The Kier molecular flexibility index (Phi) is 5.89. The first-order chi connectivity index (χ1) is 12.1. The zero-order chi connectivity index (χ0) is 17.7. The minimum Gasteiger partial charge on any atom is -0.334 e. The number of hydrogen-bond donors (Lipinski definition) is 0. The largest absolute Gasteiger partial charge is 0.334 e. The van der Waals surface area contributed by atoms with Crippen LogP contribution < -0.4 is 0 Å². The van der Waals surface area contributed by atoms with E-state index in [-0.39, 0.29) is 5.75 Å². The molecule has 1 saturated carbocycles. The zero-order valence-electron chi connectivity index (χ0n) is 14.7. The molecule has 25 heavy (non-hydrogen) atoms. The van der Waals surface area contributed by atoms with Crippen molar-refractivity contribution in [3.8, 4) is 11.5 Å². The summed E-state index contributed by atoms with van der Waals surface area (Å²) in [6.07, 6.45) is 6.11. The first kappa shape index (κ1) is 18.1. The van der Waals surface area contributed by atoms with Gasteiger partial charge in [-0.3, -0.25) is 0 Å². The van der Waals surface area contributed by atoms with Crippen LogP contribution in [0.2, 0.25) is 0 Å². The van der Waals surface area contributed by atoms with Gasteiger partial charge in [-0.2, -0.15) is 4.98 Å². The van der Waals surface area contributed by atoms with Crippen LogP contribution in [-0.2, 0) is 16.3 Å². The molecule has 3 rings (SSSR count). The highest BCUT2D eigenvalue weighted by Crippen LogP contribution is 2.32. The molecule has 0 spiro atoms. The van der Waals surface area contributed by atoms with Crippen molar-refractivity contribution in [2.45, 2.75) is 45.4 Å². The molecule has 6 heteroatoms. The van der Waals surface area contributed by atoms with Gasteiger partial charge < -0.3 is 4.52 Å². The van der Waals surface area contributed by atoms with E-state index in [0.717, 1.165) is 49.9 Å². The van der Waals surface area contributed by atoms with Crippen molar-refractivity contribution in [2.24, 2.45) is 11.8 Å². The number of aryl methyl sites for hydroxylation is 1. The van der Waals surface area contributed by atoms with Crippen molar-refractivity contribution in [2.75, 3.05) is 11.5 Å². The van der Waals surface area contributed by atoms with Gasteiger partial charge in [0.2, 0.25) is 0 Å². The van der Waals surface area contributed by atoms with E-state index < -0.39 is 9.84 Å². The topological polar surface area (TPSA) is 73.1 Å². The fourth-order valence-corrected chi connectivity index (χ4v) is 4.84. The molecule has 1 aliphatic rings. The Morgan fingerprint density at radius 3 is 2.44 bits per heavy atom. The van der Waals surface area contributed by atoms with E-state index in [9.17, 15) is 8.42 Å². The van der Waals surface area contributed by atoms with Gasteiger partial charge in [0, 0.05) is 17.7 Å². The van der Waals surface area contributed by atoms with E-state index in [0.29, 0.717) is 23.5 Å². The van der Waals surface area contributed by atoms with Crippen LogP contribution in [0.15, 0.2) is 34.9 Å². The van der Waals surface area contributed by atoms with Gasteiger partial charge in [0.1, 0.15) is 9.84 Å². The molecular weight excluding hydrogens is 336 g/mol. The molecule has 0 saturated heterocycles. The maximum absolute atomic E-state index is 11.8. The van der Waals surface area contributed by atoms with E-state index in [2.05, 4.69) is 10.1 Å². The highest BCUT2D eigenvalue weighted by atomic mass is 32.2. The van der Waals surface area contributed by atoms with Crippen LogP contribution in [0.4, 0.5) is 0 Å². The molecule has 1 aliphatic carbocycles. The molecule has 0 amide bonds. The van der Waals surface area contributed by atoms with Gasteiger partial charge in [-0.25, -0.2) is 8.42 Å². The quantitative estimate of drug-likeness (QED) is 0.746. The summed E-state index contributed by atoms with van der Waals surface area (Å²) < 4.78 is 28.9. The maximum Gasteiger partial charge on any atom is 0.257 e. The molecule has 1 aromatic heterocycles. The molecule has 0 unspecified atom stereocenters. The molecule has 2 aromatic rings. The highest BCUT2D eigenvalue weighted by Gasteiger charge is 2.25. The fraction of sp³-hybridized carbons (Fsp3) is 0.579. The third-order valence-electron chi connectivity index (χ3n) is 5.16. The van der Waals surface area contributed by atoms with Crippen molar-refractivity contribution < 1.29 is 12.9 Å². The van der Waals surface area contributed by atoms with Gasteiger partial charge in [0.25, 0.3) is 5.89 Å². The van der Waals surface area contributed by atoms with Crippen molar-refractivity contribution in [1.29, 1.82) is 0 Å². The zero-order valence-corrected chi connectivity index (χ0v) is 15.5. The minimum absolute atomic E-state index is 0.258. The first-order valence-electron chi connectivity index (χ1n) is 9.14. The monoisotopic (exact) mass is 362 g/mol. The summed E-state index contributed by atoms with van der Waals surface area (Å²) in [4.78, 5) is 4.48. The van der Waals surface area contributed by atoms with Crippen LogP contribution in [0.5, 0.6) is 0 Å². The Morgan fingerprint density at radius 1 is 1.08 bits per heavy atom. The SMILES string of the molecule is CCS(=O)(=O)CC1CCC(CCc2noc(-c3ccccc3)n2)CC1. The Morgan fingerprint density at radius 2 is 1.76 bits per heavy atom. The van der Waals surface area contributed by atoms with Crippen LogP contribution >= 0.6 is 0 Å². The van der Waals surface area contributed by atoms with E-state index in [1.807, 2.05) is 30.3 Å². The van der Waals surface area contributed by atoms with Crippen LogP contribution in [-0.4, -0.2) is 30.1 Å². The number of nitrogens with zero attached hydrogens (tertiary/aromatic N) is 2. The second-order valence-corrected chi connectivity index (χ2v) is 9.40. The molecule has 0 N–H and O–H groups in total. The lowest BCUT2D eigenvalue weighted by atomic mass is 9.81.